The summed E-state index contributed by atoms with van der Waals surface area (Å²) < 4.78 is 4.98. The van der Waals surface area contributed by atoms with Crippen LogP contribution in [0.25, 0.3) is 0 Å². The highest BCUT2D eigenvalue weighted by Crippen LogP contribution is 2.15. The van der Waals surface area contributed by atoms with Crippen LogP contribution in [0.2, 0.25) is 0 Å². The van der Waals surface area contributed by atoms with Crippen molar-refractivity contribution in [2.24, 2.45) is 10.7 Å². The number of amidine groups is 1. The minimum Gasteiger partial charge on any atom is -0.459 e. The number of aliphatic imine (C=N–C) groups is 1. The molecular formula is C16H24N2O2. The molecule has 1 aliphatic rings. The number of hydrogen-bond acceptors (Lipinski definition) is 3. The Bertz CT molecular complexity index is 400. The largest absolute Gasteiger partial charge is 0.459 e. The molecule has 0 radical (unpaired) electrons. The first-order valence-corrected chi connectivity index (χ1v) is 7.14. The highest BCUT2D eigenvalue weighted by molar-refractivity contribution is 5.81. The third kappa shape index (κ3) is 8.29. The lowest BCUT2D eigenvalue weighted by molar-refractivity contribution is -0.143. The van der Waals surface area contributed by atoms with Gasteiger partial charge in [-0.25, -0.2) is 0 Å². The summed E-state index contributed by atoms with van der Waals surface area (Å²) in [5, 5.41) is 0. The van der Waals surface area contributed by atoms with E-state index in [-0.39, 0.29) is 19.1 Å². The Kier molecular flexibility index (Phi) is 8.11. The maximum absolute atomic E-state index is 11.1. The fourth-order valence-corrected chi connectivity index (χ4v) is 1.86. The molecule has 0 atom stereocenters. The standard InChI is InChI=1S/C11H14N2O2.C5H10/c1-9(12)13-7-11(14)15-8-10-5-3-2-4-6-10;1-2-4-5-3-1/h2-6H,7-8H2,1H3,(H2,12,13);1-5H2. The van der Waals surface area contributed by atoms with Gasteiger partial charge in [-0.05, 0) is 12.5 Å². The summed E-state index contributed by atoms with van der Waals surface area (Å²) in [6.07, 6.45) is 7.50. The number of nitrogens with two attached hydrogens (primary N) is 1. The molecule has 2 rings (SSSR count). The van der Waals surface area contributed by atoms with E-state index in [1.165, 1.54) is 32.1 Å². The maximum Gasteiger partial charge on any atom is 0.328 e. The summed E-state index contributed by atoms with van der Waals surface area (Å²) >= 11 is 0. The van der Waals surface area contributed by atoms with E-state index in [2.05, 4.69) is 4.99 Å². The molecule has 0 saturated heterocycles. The van der Waals surface area contributed by atoms with Crippen LogP contribution >= 0.6 is 0 Å². The van der Waals surface area contributed by atoms with Gasteiger partial charge in [0.15, 0.2) is 0 Å². The van der Waals surface area contributed by atoms with Crippen LogP contribution in [-0.2, 0) is 16.1 Å². The Hall–Kier alpha value is -1.84. The molecule has 2 N–H and O–H groups in total. The number of benzene rings is 1. The molecule has 0 bridgehead atoms. The summed E-state index contributed by atoms with van der Waals surface area (Å²) in [5.41, 5.74) is 6.25. The first-order valence-electron chi connectivity index (χ1n) is 7.14. The van der Waals surface area contributed by atoms with E-state index >= 15 is 0 Å². The SMILES string of the molecule is C1CCCC1.CC(N)=NCC(=O)OCc1ccccc1. The lowest BCUT2D eigenvalue weighted by Gasteiger charge is -2.02. The fraction of sp³-hybridized carbons (Fsp3) is 0.500. The first kappa shape index (κ1) is 16.2. The molecule has 1 aliphatic carbocycles. The van der Waals surface area contributed by atoms with Crippen molar-refractivity contribution in [2.45, 2.75) is 45.6 Å². The Labute approximate surface area is 121 Å². The number of rotatable bonds is 4. The molecule has 0 unspecified atom stereocenters. The molecule has 0 spiro atoms. The lowest BCUT2D eigenvalue weighted by Crippen LogP contribution is -2.13. The molecule has 1 aromatic rings. The fourth-order valence-electron chi connectivity index (χ4n) is 1.86. The van der Waals surface area contributed by atoms with Gasteiger partial charge in [0.05, 0.1) is 5.84 Å². The summed E-state index contributed by atoms with van der Waals surface area (Å²) in [5.74, 6) is 0.00955. The quantitative estimate of drug-likeness (QED) is 0.522. The molecule has 0 heterocycles. The normalized spacial score (nSPS) is 14.3. The highest BCUT2D eigenvalue weighted by Gasteiger charge is 2.01. The number of ether oxygens (including phenoxy) is 1. The monoisotopic (exact) mass is 276 g/mol. The van der Waals surface area contributed by atoms with Crippen LogP contribution in [0, 0.1) is 0 Å². The zero-order valence-electron chi connectivity index (χ0n) is 12.2. The number of carbonyl (C=O) groups excluding carboxylic acids is 1. The number of esters is 1. The second-order valence-electron chi connectivity index (χ2n) is 4.87. The van der Waals surface area contributed by atoms with Crippen molar-refractivity contribution in [1.82, 2.24) is 0 Å². The molecular weight excluding hydrogens is 252 g/mol. The molecule has 0 aliphatic heterocycles. The minimum absolute atomic E-state index is 0.0187. The van der Waals surface area contributed by atoms with E-state index in [0.717, 1.165) is 5.56 Å². The topological polar surface area (TPSA) is 64.7 Å². The Morgan fingerprint density at radius 2 is 1.70 bits per heavy atom. The Morgan fingerprint density at radius 3 is 2.20 bits per heavy atom. The predicted octanol–water partition coefficient (Wildman–Crippen LogP) is 3.06. The van der Waals surface area contributed by atoms with Crippen LogP contribution in [-0.4, -0.2) is 18.3 Å². The van der Waals surface area contributed by atoms with Crippen molar-refractivity contribution < 1.29 is 9.53 Å². The van der Waals surface area contributed by atoms with Gasteiger partial charge in [0.25, 0.3) is 0 Å². The maximum atomic E-state index is 11.1. The summed E-state index contributed by atoms with van der Waals surface area (Å²) in [7, 11) is 0. The Morgan fingerprint density at radius 1 is 1.15 bits per heavy atom. The van der Waals surface area contributed by atoms with Gasteiger partial charge in [0.1, 0.15) is 13.2 Å². The number of nitrogens with zero attached hydrogens (tertiary/aromatic N) is 1. The summed E-state index contributed by atoms with van der Waals surface area (Å²) in [6.45, 7) is 1.89. The minimum atomic E-state index is -0.372. The molecule has 1 aromatic carbocycles. The van der Waals surface area contributed by atoms with Crippen molar-refractivity contribution in [1.29, 1.82) is 0 Å². The molecule has 110 valence electrons. The van der Waals surface area contributed by atoms with Gasteiger partial charge in [0.2, 0.25) is 0 Å². The molecule has 4 heteroatoms. The molecule has 20 heavy (non-hydrogen) atoms. The Balaban J connectivity index is 0.000000333. The van der Waals surface area contributed by atoms with E-state index in [4.69, 9.17) is 10.5 Å². The van der Waals surface area contributed by atoms with E-state index in [1.807, 2.05) is 30.3 Å². The van der Waals surface area contributed by atoms with E-state index in [9.17, 15) is 4.79 Å². The van der Waals surface area contributed by atoms with E-state index in [0.29, 0.717) is 5.84 Å². The zero-order chi connectivity index (χ0) is 14.6. The van der Waals surface area contributed by atoms with Gasteiger partial charge in [-0.1, -0.05) is 62.4 Å². The van der Waals surface area contributed by atoms with Gasteiger partial charge < -0.3 is 10.5 Å². The van der Waals surface area contributed by atoms with Gasteiger partial charge in [-0.15, -0.1) is 0 Å². The predicted molar refractivity (Wildman–Crippen MR) is 81.5 cm³/mol. The third-order valence-corrected chi connectivity index (χ3v) is 2.95. The van der Waals surface area contributed by atoms with Crippen LogP contribution in [0.15, 0.2) is 35.3 Å². The second-order valence-corrected chi connectivity index (χ2v) is 4.87. The highest BCUT2D eigenvalue weighted by atomic mass is 16.5. The van der Waals surface area contributed by atoms with E-state index < -0.39 is 0 Å². The van der Waals surface area contributed by atoms with Gasteiger partial charge in [0, 0.05) is 0 Å². The molecule has 0 amide bonds. The third-order valence-electron chi connectivity index (χ3n) is 2.95. The molecule has 1 fully saturated rings. The van der Waals surface area contributed by atoms with Gasteiger partial charge >= 0.3 is 5.97 Å². The van der Waals surface area contributed by atoms with Crippen LogP contribution < -0.4 is 5.73 Å². The lowest BCUT2D eigenvalue weighted by atomic mass is 10.2. The summed E-state index contributed by atoms with van der Waals surface area (Å²) in [6, 6.07) is 9.49. The zero-order valence-corrected chi connectivity index (χ0v) is 12.2. The average molecular weight is 276 g/mol. The number of hydrogen-bond donors (Lipinski definition) is 1. The molecule has 1 saturated carbocycles. The second kappa shape index (κ2) is 10.0. The average Bonchev–Trinajstić information content (AvgIpc) is 3.03. The number of carbonyl (C=O) groups is 1. The van der Waals surface area contributed by atoms with Crippen LogP contribution in [0.1, 0.15) is 44.6 Å². The van der Waals surface area contributed by atoms with Gasteiger partial charge in [-0.3, -0.25) is 9.79 Å². The van der Waals surface area contributed by atoms with Crippen LogP contribution in [0.5, 0.6) is 0 Å². The van der Waals surface area contributed by atoms with Crippen molar-refractivity contribution in [2.75, 3.05) is 6.54 Å². The molecule has 0 aromatic heterocycles. The molecule has 4 nitrogen and oxygen atoms in total. The van der Waals surface area contributed by atoms with Crippen molar-refractivity contribution in [3.8, 4) is 0 Å². The summed E-state index contributed by atoms with van der Waals surface area (Å²) in [4.78, 5) is 14.9. The van der Waals surface area contributed by atoms with Crippen LogP contribution in [0.3, 0.4) is 0 Å². The first-order chi connectivity index (χ1) is 9.68. The smallest absolute Gasteiger partial charge is 0.328 e. The van der Waals surface area contributed by atoms with Crippen LogP contribution in [0.4, 0.5) is 0 Å². The van der Waals surface area contributed by atoms with E-state index in [1.54, 1.807) is 6.92 Å². The van der Waals surface area contributed by atoms with Crippen molar-refractivity contribution >= 4 is 11.8 Å². The van der Waals surface area contributed by atoms with Gasteiger partial charge in [-0.2, -0.15) is 0 Å². The van der Waals surface area contributed by atoms with Crippen molar-refractivity contribution in [3.05, 3.63) is 35.9 Å². The van der Waals surface area contributed by atoms with Crippen molar-refractivity contribution in [3.63, 3.8) is 0 Å².